The topological polar surface area (TPSA) is 88.8 Å². The fraction of sp³-hybridized carbons (Fsp3) is 0.703. The Morgan fingerprint density at radius 2 is 1.33 bits per heavy atom. The molecule has 2 aromatic rings. The highest BCUT2D eigenvalue weighted by atomic mass is 32.2. The van der Waals surface area contributed by atoms with Crippen LogP contribution in [0, 0.1) is 6.92 Å². The Balaban J connectivity index is 0.000000537. The number of rotatable bonds is 24. The van der Waals surface area contributed by atoms with Gasteiger partial charge in [0.25, 0.3) is 0 Å². The van der Waals surface area contributed by atoms with Crippen LogP contribution in [-0.4, -0.2) is 45.2 Å². The van der Waals surface area contributed by atoms with Crippen LogP contribution in [0.5, 0.6) is 0 Å². The first-order chi connectivity index (χ1) is 21.9. The second-order valence-electron chi connectivity index (χ2n) is 12.4. The highest BCUT2D eigenvalue weighted by Gasteiger charge is 2.25. The zero-order valence-corrected chi connectivity index (χ0v) is 29.0. The van der Waals surface area contributed by atoms with Crippen LogP contribution in [0.25, 0.3) is 0 Å². The lowest BCUT2D eigenvalue weighted by Gasteiger charge is -2.12. The molecule has 256 valence electrons. The molecule has 0 bridgehead atoms. The minimum atomic E-state index is -4.27. The second kappa shape index (κ2) is 25.3. The molecule has 1 aromatic heterocycles. The Morgan fingerprint density at radius 3 is 1.89 bits per heavy atom. The number of hydrogen-bond acceptors (Lipinski definition) is 6. The molecule has 1 aliphatic heterocycles. The lowest BCUT2D eigenvalue weighted by atomic mass is 10.0. The van der Waals surface area contributed by atoms with Gasteiger partial charge >= 0.3 is 0 Å². The zero-order valence-electron chi connectivity index (χ0n) is 28.2. The highest BCUT2D eigenvalue weighted by molar-refractivity contribution is 7.85. The van der Waals surface area contributed by atoms with E-state index < -0.39 is 10.1 Å². The molecule has 2 atom stereocenters. The summed E-state index contributed by atoms with van der Waals surface area (Å²) in [6, 6.07) is 12.0. The van der Waals surface area contributed by atoms with Crippen molar-refractivity contribution in [2.75, 3.05) is 19.8 Å². The Kier molecular flexibility index (Phi) is 22.1. The molecule has 0 aliphatic carbocycles. The maximum absolute atomic E-state index is 10.4. The Labute approximate surface area is 274 Å². The van der Waals surface area contributed by atoms with Crippen molar-refractivity contribution in [1.29, 1.82) is 0 Å². The standard InChI is InChI=1S/C30H54NO3.C7H8O3S/c1-2-3-4-5-6-7-8-9-10-11-12-13-14-15-17-22-30-33-28-29(34-30)27-32-26-21-20-25-31-23-18-16-19-24-31;1-6-2-4-7(5-3-6)11(8,9)10/h16,18-19,23-24,29-30H,2-15,17,20-22,25-28H2,1H3;2-5H,1H3,(H,8,9,10)/q+1;/p-1. The third-order valence-electron chi connectivity index (χ3n) is 8.20. The normalized spacial score (nSPS) is 16.4. The van der Waals surface area contributed by atoms with Crippen LogP contribution in [-0.2, 0) is 30.9 Å². The van der Waals surface area contributed by atoms with Gasteiger partial charge in [0.05, 0.1) is 18.1 Å². The van der Waals surface area contributed by atoms with E-state index in [-0.39, 0.29) is 17.3 Å². The largest absolute Gasteiger partial charge is 0.744 e. The van der Waals surface area contributed by atoms with Gasteiger partial charge in [-0.1, -0.05) is 121 Å². The maximum atomic E-state index is 10.4. The van der Waals surface area contributed by atoms with Gasteiger partial charge in [-0.3, -0.25) is 0 Å². The molecule has 3 rings (SSSR count). The number of aromatic nitrogens is 1. The summed E-state index contributed by atoms with van der Waals surface area (Å²) >= 11 is 0. The first-order valence-electron chi connectivity index (χ1n) is 17.7. The van der Waals surface area contributed by atoms with Crippen molar-refractivity contribution in [2.45, 2.75) is 153 Å². The van der Waals surface area contributed by atoms with Crippen LogP contribution < -0.4 is 4.57 Å². The summed E-state index contributed by atoms with van der Waals surface area (Å²) in [5, 5.41) is 0. The van der Waals surface area contributed by atoms with Gasteiger partial charge in [-0.2, -0.15) is 0 Å². The van der Waals surface area contributed by atoms with Gasteiger partial charge in [0.15, 0.2) is 18.7 Å². The van der Waals surface area contributed by atoms with E-state index in [1.165, 1.54) is 108 Å². The molecule has 0 radical (unpaired) electrons. The average Bonchev–Trinajstić information content (AvgIpc) is 3.49. The lowest BCUT2D eigenvalue weighted by molar-refractivity contribution is -0.697. The van der Waals surface area contributed by atoms with Crippen molar-refractivity contribution >= 4 is 10.1 Å². The van der Waals surface area contributed by atoms with Gasteiger partial charge < -0.3 is 18.8 Å². The van der Waals surface area contributed by atoms with Crippen molar-refractivity contribution < 1.29 is 31.7 Å². The fourth-order valence-corrected chi connectivity index (χ4v) is 5.90. The lowest BCUT2D eigenvalue weighted by Crippen LogP contribution is -2.32. The Bertz CT molecular complexity index is 1060. The monoisotopic (exact) mass is 647 g/mol. The number of pyridine rings is 1. The molecule has 45 heavy (non-hydrogen) atoms. The van der Waals surface area contributed by atoms with Crippen LogP contribution in [0.2, 0.25) is 0 Å². The number of hydrogen-bond donors (Lipinski definition) is 0. The number of nitrogens with zero attached hydrogens (tertiary/aromatic N) is 1. The molecule has 7 nitrogen and oxygen atoms in total. The summed E-state index contributed by atoms with van der Waals surface area (Å²) in [7, 11) is -4.27. The molecule has 1 aliphatic rings. The van der Waals surface area contributed by atoms with Gasteiger partial charge in [-0.25, -0.2) is 13.0 Å². The SMILES string of the molecule is CCCCCCCCCCCCCCCCCC1OCC(COCCCC[n+]2ccccc2)O1.Cc1ccc(S(=O)(=O)[O-])cc1. The summed E-state index contributed by atoms with van der Waals surface area (Å²) < 4.78 is 51.0. The van der Waals surface area contributed by atoms with Crippen LogP contribution >= 0.6 is 0 Å². The summed E-state index contributed by atoms with van der Waals surface area (Å²) in [5.74, 6) is 0. The summed E-state index contributed by atoms with van der Waals surface area (Å²) in [4.78, 5) is -0.178. The van der Waals surface area contributed by atoms with Crippen molar-refractivity contribution in [3.8, 4) is 0 Å². The van der Waals surface area contributed by atoms with E-state index in [4.69, 9.17) is 14.2 Å². The van der Waals surface area contributed by atoms with Gasteiger partial charge in [0.2, 0.25) is 0 Å². The molecule has 8 heteroatoms. The molecule has 1 saturated heterocycles. The van der Waals surface area contributed by atoms with Crippen molar-refractivity contribution in [2.24, 2.45) is 0 Å². The van der Waals surface area contributed by atoms with E-state index >= 15 is 0 Å². The predicted octanol–water partition coefficient (Wildman–Crippen LogP) is 8.67. The third kappa shape index (κ3) is 20.8. The van der Waals surface area contributed by atoms with E-state index in [1.807, 2.05) is 6.92 Å². The molecule has 2 unspecified atom stereocenters. The van der Waals surface area contributed by atoms with Gasteiger partial charge in [-0.15, -0.1) is 0 Å². The molecule has 2 heterocycles. The van der Waals surface area contributed by atoms with E-state index in [1.54, 1.807) is 12.1 Å². The van der Waals surface area contributed by atoms with E-state index in [0.29, 0.717) is 13.2 Å². The Morgan fingerprint density at radius 1 is 0.778 bits per heavy atom. The van der Waals surface area contributed by atoms with Crippen LogP contribution in [0.3, 0.4) is 0 Å². The van der Waals surface area contributed by atoms with Crippen LogP contribution in [0.15, 0.2) is 59.8 Å². The first kappa shape index (κ1) is 39.3. The molecule has 0 saturated carbocycles. The quantitative estimate of drug-likeness (QED) is 0.0644. The van der Waals surface area contributed by atoms with Gasteiger partial charge in [0, 0.05) is 25.2 Å². The van der Waals surface area contributed by atoms with E-state index in [9.17, 15) is 13.0 Å². The molecular weight excluding hydrogens is 586 g/mol. The molecule has 0 amide bonds. The predicted molar refractivity (Wildman–Crippen MR) is 180 cm³/mol. The molecule has 1 aromatic carbocycles. The van der Waals surface area contributed by atoms with Crippen molar-refractivity contribution in [1.82, 2.24) is 0 Å². The minimum absolute atomic E-state index is 0.00921. The van der Waals surface area contributed by atoms with Gasteiger partial charge in [-0.05, 0) is 38.3 Å². The van der Waals surface area contributed by atoms with Crippen LogP contribution in [0.4, 0.5) is 0 Å². The van der Waals surface area contributed by atoms with E-state index in [2.05, 4.69) is 42.1 Å². The highest BCUT2D eigenvalue weighted by Crippen LogP contribution is 2.19. The smallest absolute Gasteiger partial charge is 0.168 e. The number of unbranched alkanes of at least 4 members (excludes halogenated alkanes) is 15. The van der Waals surface area contributed by atoms with Gasteiger partial charge in [0.1, 0.15) is 22.8 Å². The molecular formula is C37H61NO6S. The molecule has 1 fully saturated rings. The van der Waals surface area contributed by atoms with E-state index in [0.717, 1.165) is 38.0 Å². The average molecular weight is 648 g/mol. The minimum Gasteiger partial charge on any atom is -0.744 e. The second-order valence-corrected chi connectivity index (χ2v) is 13.8. The molecule has 0 N–H and O–H groups in total. The summed E-state index contributed by atoms with van der Waals surface area (Å²) in [6.45, 7) is 7.31. The van der Waals surface area contributed by atoms with Crippen molar-refractivity contribution in [3.05, 3.63) is 60.4 Å². The summed E-state index contributed by atoms with van der Waals surface area (Å²) in [6.07, 6.45) is 28.6. The van der Waals surface area contributed by atoms with Crippen molar-refractivity contribution in [3.63, 3.8) is 0 Å². The first-order valence-corrected chi connectivity index (χ1v) is 19.1. The summed E-state index contributed by atoms with van der Waals surface area (Å²) in [5.41, 5.74) is 0.928. The fourth-order valence-electron chi connectivity index (χ4n) is 5.43. The third-order valence-corrected chi connectivity index (χ3v) is 9.05. The zero-order chi connectivity index (χ0) is 32.4. The number of ether oxygens (including phenoxy) is 3. The maximum Gasteiger partial charge on any atom is 0.168 e. The number of aryl methyl sites for hydroxylation is 2. The van der Waals surface area contributed by atoms with Crippen LogP contribution in [0.1, 0.15) is 128 Å². The number of benzene rings is 1. The molecule has 0 spiro atoms. The Hall–Kier alpha value is -1.84.